The van der Waals surface area contributed by atoms with Gasteiger partial charge in [0.05, 0.1) is 19.7 Å². The van der Waals surface area contributed by atoms with E-state index in [9.17, 15) is 9.59 Å². The van der Waals surface area contributed by atoms with Crippen molar-refractivity contribution in [3.8, 4) is 5.75 Å². The first-order chi connectivity index (χ1) is 9.06. The summed E-state index contributed by atoms with van der Waals surface area (Å²) < 4.78 is 9.76. The lowest BCUT2D eigenvalue weighted by Crippen LogP contribution is -2.09. The van der Waals surface area contributed by atoms with Crippen LogP contribution in [0.1, 0.15) is 22.3 Å². The van der Waals surface area contributed by atoms with Gasteiger partial charge in [0.25, 0.3) is 0 Å². The van der Waals surface area contributed by atoms with E-state index < -0.39 is 5.97 Å². The fraction of sp³-hybridized carbons (Fsp3) is 0.286. The number of methoxy groups -OCH3 is 2. The lowest BCUT2D eigenvalue weighted by atomic mass is 10.0. The van der Waals surface area contributed by atoms with E-state index in [1.54, 1.807) is 19.2 Å². The molecule has 100 valence electrons. The SMILES string of the molecule is COC(=O)CC(=O)c1cc(OC)c2[nH]cc(C)c2c1. The second kappa shape index (κ2) is 5.14. The fourth-order valence-corrected chi connectivity index (χ4v) is 1.96. The molecule has 5 heteroatoms. The molecular formula is C14H15NO4. The number of hydrogen-bond acceptors (Lipinski definition) is 4. The summed E-state index contributed by atoms with van der Waals surface area (Å²) in [6.45, 7) is 1.94. The quantitative estimate of drug-likeness (QED) is 0.520. The summed E-state index contributed by atoms with van der Waals surface area (Å²) in [4.78, 5) is 26.2. The van der Waals surface area contributed by atoms with Crippen molar-refractivity contribution in [2.45, 2.75) is 13.3 Å². The van der Waals surface area contributed by atoms with Crippen LogP contribution in [0.25, 0.3) is 10.9 Å². The number of carbonyl (C=O) groups excluding carboxylic acids is 2. The van der Waals surface area contributed by atoms with Crippen molar-refractivity contribution >= 4 is 22.7 Å². The highest BCUT2D eigenvalue weighted by atomic mass is 16.5. The predicted octanol–water partition coefficient (Wildman–Crippen LogP) is 2.23. The van der Waals surface area contributed by atoms with Crippen molar-refractivity contribution in [1.29, 1.82) is 0 Å². The number of aromatic nitrogens is 1. The van der Waals surface area contributed by atoms with Crippen molar-refractivity contribution in [2.24, 2.45) is 0 Å². The van der Waals surface area contributed by atoms with Gasteiger partial charge in [-0.25, -0.2) is 0 Å². The standard InChI is InChI=1S/C14H15NO4/c1-8-7-15-14-10(8)4-9(5-12(14)18-2)11(16)6-13(17)19-3/h4-5,7,15H,6H2,1-3H3. The van der Waals surface area contributed by atoms with Gasteiger partial charge >= 0.3 is 5.97 Å². The zero-order chi connectivity index (χ0) is 14.0. The van der Waals surface area contributed by atoms with Gasteiger partial charge in [-0.1, -0.05) is 0 Å². The number of esters is 1. The normalized spacial score (nSPS) is 10.5. The van der Waals surface area contributed by atoms with Gasteiger partial charge in [-0.2, -0.15) is 0 Å². The molecule has 0 aliphatic heterocycles. The molecular weight excluding hydrogens is 246 g/mol. The van der Waals surface area contributed by atoms with E-state index in [1.165, 1.54) is 7.11 Å². The van der Waals surface area contributed by atoms with Gasteiger partial charge in [-0.3, -0.25) is 9.59 Å². The molecule has 2 aromatic rings. The lowest BCUT2D eigenvalue weighted by molar-refractivity contribution is -0.139. The van der Waals surface area contributed by atoms with E-state index >= 15 is 0 Å². The van der Waals surface area contributed by atoms with Gasteiger partial charge in [-0.15, -0.1) is 0 Å². The number of H-pyrrole nitrogens is 1. The maximum absolute atomic E-state index is 12.0. The van der Waals surface area contributed by atoms with Crippen LogP contribution in [0.2, 0.25) is 0 Å². The minimum atomic E-state index is -0.546. The van der Waals surface area contributed by atoms with Crippen LogP contribution in [-0.4, -0.2) is 31.0 Å². The Bertz CT molecular complexity index is 642. The topological polar surface area (TPSA) is 68.4 Å². The van der Waals surface area contributed by atoms with E-state index in [0.717, 1.165) is 16.5 Å². The van der Waals surface area contributed by atoms with Gasteiger partial charge < -0.3 is 14.5 Å². The Labute approximate surface area is 110 Å². The first kappa shape index (κ1) is 13.1. The van der Waals surface area contributed by atoms with Gasteiger partial charge in [-0.05, 0) is 24.6 Å². The van der Waals surface area contributed by atoms with Crippen LogP contribution in [0.15, 0.2) is 18.3 Å². The molecule has 0 saturated carbocycles. The molecule has 1 aromatic carbocycles. The Kier molecular flexibility index (Phi) is 3.55. The number of Topliss-reactive ketones (excluding diaryl/α,β-unsaturated/α-hetero) is 1. The zero-order valence-corrected chi connectivity index (χ0v) is 11.1. The van der Waals surface area contributed by atoms with Gasteiger partial charge in [0, 0.05) is 17.1 Å². The summed E-state index contributed by atoms with van der Waals surface area (Å²) in [6, 6.07) is 3.39. The number of rotatable bonds is 4. The second-order valence-electron chi connectivity index (χ2n) is 4.25. The molecule has 0 atom stereocenters. The largest absolute Gasteiger partial charge is 0.495 e. The van der Waals surface area contributed by atoms with Crippen molar-refractivity contribution in [3.63, 3.8) is 0 Å². The summed E-state index contributed by atoms with van der Waals surface area (Å²) >= 11 is 0. The summed E-state index contributed by atoms with van der Waals surface area (Å²) in [7, 11) is 2.80. The number of nitrogens with one attached hydrogen (secondary N) is 1. The Morgan fingerprint density at radius 3 is 2.63 bits per heavy atom. The van der Waals surface area contributed by atoms with Gasteiger partial charge in [0.15, 0.2) is 5.78 Å². The molecule has 1 aromatic heterocycles. The summed E-state index contributed by atoms with van der Waals surface area (Å²) in [6.07, 6.45) is 1.58. The van der Waals surface area contributed by atoms with Crippen LogP contribution >= 0.6 is 0 Å². The number of aromatic amines is 1. The van der Waals surface area contributed by atoms with Crippen LogP contribution in [0.5, 0.6) is 5.75 Å². The molecule has 0 aliphatic carbocycles. The van der Waals surface area contributed by atoms with Crippen LogP contribution in [0, 0.1) is 6.92 Å². The highest BCUT2D eigenvalue weighted by molar-refractivity contribution is 6.08. The molecule has 1 heterocycles. The number of benzene rings is 1. The number of ketones is 1. The van der Waals surface area contributed by atoms with Crippen LogP contribution in [-0.2, 0) is 9.53 Å². The van der Waals surface area contributed by atoms with E-state index in [0.29, 0.717) is 11.3 Å². The van der Waals surface area contributed by atoms with Crippen LogP contribution < -0.4 is 4.74 Å². The molecule has 19 heavy (non-hydrogen) atoms. The third-order valence-electron chi connectivity index (χ3n) is 3.03. The summed E-state index contributed by atoms with van der Waals surface area (Å²) in [5, 5.41) is 0.910. The van der Waals surface area contributed by atoms with E-state index in [-0.39, 0.29) is 12.2 Å². The number of ether oxygens (including phenoxy) is 2. The molecule has 5 nitrogen and oxygen atoms in total. The van der Waals surface area contributed by atoms with E-state index in [2.05, 4.69) is 9.72 Å². The van der Waals surface area contributed by atoms with E-state index in [4.69, 9.17) is 4.74 Å². The third-order valence-corrected chi connectivity index (χ3v) is 3.03. The molecule has 0 aliphatic rings. The Balaban J connectivity index is 2.46. The highest BCUT2D eigenvalue weighted by Crippen LogP contribution is 2.29. The molecule has 0 amide bonds. The Morgan fingerprint density at radius 1 is 1.26 bits per heavy atom. The number of hydrogen-bond donors (Lipinski definition) is 1. The first-order valence-corrected chi connectivity index (χ1v) is 5.82. The van der Waals surface area contributed by atoms with Gasteiger partial charge in [0.2, 0.25) is 0 Å². The van der Waals surface area contributed by atoms with Crippen molar-refractivity contribution in [3.05, 3.63) is 29.5 Å². The molecule has 1 N–H and O–H groups in total. The van der Waals surface area contributed by atoms with Crippen molar-refractivity contribution in [1.82, 2.24) is 4.98 Å². The smallest absolute Gasteiger partial charge is 0.313 e. The fourth-order valence-electron chi connectivity index (χ4n) is 1.96. The highest BCUT2D eigenvalue weighted by Gasteiger charge is 2.16. The average Bonchev–Trinajstić information content (AvgIpc) is 2.79. The zero-order valence-electron chi connectivity index (χ0n) is 11.1. The predicted molar refractivity (Wildman–Crippen MR) is 70.6 cm³/mol. The van der Waals surface area contributed by atoms with Gasteiger partial charge in [0.1, 0.15) is 12.2 Å². The van der Waals surface area contributed by atoms with Crippen LogP contribution in [0.3, 0.4) is 0 Å². The molecule has 2 rings (SSSR count). The number of fused-ring (bicyclic) bond motifs is 1. The maximum atomic E-state index is 12.0. The average molecular weight is 261 g/mol. The molecule has 0 bridgehead atoms. The number of carbonyl (C=O) groups is 2. The minimum absolute atomic E-state index is 0.269. The third kappa shape index (κ3) is 2.45. The minimum Gasteiger partial charge on any atom is -0.495 e. The Morgan fingerprint density at radius 2 is 2.00 bits per heavy atom. The monoisotopic (exact) mass is 261 g/mol. The molecule has 0 unspecified atom stereocenters. The Hall–Kier alpha value is -2.30. The molecule has 0 saturated heterocycles. The summed E-state index contributed by atoms with van der Waals surface area (Å²) in [5.41, 5.74) is 2.30. The van der Waals surface area contributed by atoms with Crippen molar-refractivity contribution < 1.29 is 19.1 Å². The molecule has 0 radical (unpaired) electrons. The van der Waals surface area contributed by atoms with E-state index in [1.807, 2.05) is 13.1 Å². The van der Waals surface area contributed by atoms with Crippen molar-refractivity contribution in [2.75, 3.05) is 14.2 Å². The maximum Gasteiger partial charge on any atom is 0.313 e. The lowest BCUT2D eigenvalue weighted by Gasteiger charge is -2.06. The molecule has 0 fully saturated rings. The first-order valence-electron chi connectivity index (χ1n) is 5.82. The van der Waals surface area contributed by atoms with Crippen LogP contribution in [0.4, 0.5) is 0 Å². The second-order valence-corrected chi connectivity index (χ2v) is 4.25. The summed E-state index contributed by atoms with van der Waals surface area (Å²) in [5.74, 6) is -0.249. The number of aryl methyl sites for hydroxylation is 1. The molecule has 0 spiro atoms.